The molecular formula is C16H13FN6O2. The average Bonchev–Trinajstić information content (AvgIpc) is 3.15. The highest BCUT2D eigenvalue weighted by molar-refractivity contribution is 5.99. The first-order chi connectivity index (χ1) is 12.1. The second-order valence-electron chi connectivity index (χ2n) is 4.98. The highest BCUT2D eigenvalue weighted by Crippen LogP contribution is 2.08. The second kappa shape index (κ2) is 7.30. The number of hydrogen-bond donors (Lipinski definition) is 2. The second-order valence-corrected chi connectivity index (χ2v) is 4.98. The number of carbonyl (C=O) groups is 2. The van der Waals surface area contributed by atoms with Crippen LogP contribution in [-0.4, -0.2) is 38.1 Å². The number of hydrogen-bond acceptors (Lipinski definition) is 5. The Morgan fingerprint density at radius 2 is 1.92 bits per heavy atom. The lowest BCUT2D eigenvalue weighted by atomic mass is 10.2. The molecule has 0 atom stereocenters. The van der Waals surface area contributed by atoms with Gasteiger partial charge in [-0.25, -0.2) is 19.0 Å². The van der Waals surface area contributed by atoms with E-state index in [2.05, 4.69) is 25.7 Å². The summed E-state index contributed by atoms with van der Waals surface area (Å²) in [7, 11) is 0. The minimum atomic E-state index is -0.463. The van der Waals surface area contributed by atoms with Crippen molar-refractivity contribution in [2.45, 2.75) is 0 Å². The van der Waals surface area contributed by atoms with Crippen LogP contribution in [0.4, 0.5) is 10.1 Å². The summed E-state index contributed by atoms with van der Waals surface area (Å²) < 4.78 is 14.3. The van der Waals surface area contributed by atoms with E-state index in [-0.39, 0.29) is 12.1 Å². The van der Waals surface area contributed by atoms with Gasteiger partial charge in [-0.1, -0.05) is 0 Å². The number of aromatic nitrogens is 4. The SMILES string of the molecule is O=C(CNC(=O)c1ccc(F)cc1)Nc1ccc(-n2cncn2)nc1. The van der Waals surface area contributed by atoms with Gasteiger partial charge in [-0.15, -0.1) is 0 Å². The van der Waals surface area contributed by atoms with Crippen molar-refractivity contribution in [3.05, 3.63) is 66.6 Å². The molecule has 8 nitrogen and oxygen atoms in total. The number of anilines is 1. The maximum atomic E-state index is 12.8. The van der Waals surface area contributed by atoms with Gasteiger partial charge in [-0.05, 0) is 36.4 Å². The number of rotatable bonds is 5. The van der Waals surface area contributed by atoms with Crippen LogP contribution in [0, 0.1) is 5.82 Å². The van der Waals surface area contributed by atoms with Crippen LogP contribution in [0.25, 0.3) is 5.82 Å². The van der Waals surface area contributed by atoms with Crippen LogP contribution in [0.15, 0.2) is 55.2 Å². The normalized spacial score (nSPS) is 10.3. The van der Waals surface area contributed by atoms with Crippen molar-refractivity contribution in [3.8, 4) is 5.82 Å². The number of amides is 2. The van der Waals surface area contributed by atoms with Gasteiger partial charge in [0, 0.05) is 5.56 Å². The van der Waals surface area contributed by atoms with E-state index in [1.807, 2.05) is 0 Å². The average molecular weight is 340 g/mol. The molecule has 2 heterocycles. The Balaban J connectivity index is 1.52. The van der Waals surface area contributed by atoms with Gasteiger partial charge in [0.05, 0.1) is 18.4 Å². The largest absolute Gasteiger partial charge is 0.343 e. The van der Waals surface area contributed by atoms with E-state index in [1.165, 1.54) is 47.8 Å². The highest BCUT2D eigenvalue weighted by atomic mass is 19.1. The molecule has 0 saturated heterocycles. The zero-order valence-electron chi connectivity index (χ0n) is 12.9. The molecule has 0 aliphatic rings. The first-order valence-electron chi connectivity index (χ1n) is 7.26. The highest BCUT2D eigenvalue weighted by Gasteiger charge is 2.09. The molecule has 3 aromatic rings. The molecule has 0 radical (unpaired) electrons. The molecule has 126 valence electrons. The van der Waals surface area contributed by atoms with Crippen molar-refractivity contribution in [2.24, 2.45) is 0 Å². The third kappa shape index (κ3) is 4.22. The summed E-state index contributed by atoms with van der Waals surface area (Å²) in [6, 6.07) is 8.37. The van der Waals surface area contributed by atoms with Crippen molar-refractivity contribution in [1.29, 1.82) is 0 Å². The Hall–Kier alpha value is -3.62. The van der Waals surface area contributed by atoms with Gasteiger partial charge < -0.3 is 10.6 Å². The van der Waals surface area contributed by atoms with Crippen molar-refractivity contribution in [2.75, 3.05) is 11.9 Å². The number of benzene rings is 1. The van der Waals surface area contributed by atoms with Crippen LogP contribution in [0.2, 0.25) is 0 Å². The predicted molar refractivity (Wildman–Crippen MR) is 86.5 cm³/mol. The standard InChI is InChI=1S/C16H13FN6O2/c17-12-3-1-11(2-4-12)16(25)20-8-15(24)22-13-5-6-14(19-7-13)23-10-18-9-21-23/h1-7,9-10H,8H2,(H,20,25)(H,22,24). The Labute approximate surface area is 141 Å². The molecule has 0 spiro atoms. The molecule has 3 rings (SSSR count). The summed E-state index contributed by atoms with van der Waals surface area (Å²) in [6.07, 6.45) is 4.36. The molecule has 0 aliphatic heterocycles. The Bertz CT molecular complexity index is 863. The maximum absolute atomic E-state index is 12.8. The van der Waals surface area contributed by atoms with E-state index >= 15 is 0 Å². The lowest BCUT2D eigenvalue weighted by Gasteiger charge is -2.07. The van der Waals surface area contributed by atoms with E-state index in [4.69, 9.17) is 0 Å². The number of nitrogens with one attached hydrogen (secondary N) is 2. The smallest absolute Gasteiger partial charge is 0.251 e. The topological polar surface area (TPSA) is 102 Å². The van der Waals surface area contributed by atoms with Crippen LogP contribution in [0.1, 0.15) is 10.4 Å². The summed E-state index contributed by atoms with van der Waals surface area (Å²) >= 11 is 0. The van der Waals surface area contributed by atoms with Gasteiger partial charge in [0.15, 0.2) is 5.82 Å². The fraction of sp³-hybridized carbons (Fsp3) is 0.0625. The van der Waals surface area contributed by atoms with Crippen molar-refractivity contribution in [1.82, 2.24) is 25.1 Å². The molecule has 9 heteroatoms. The van der Waals surface area contributed by atoms with Gasteiger partial charge in [0.1, 0.15) is 18.5 Å². The fourth-order valence-electron chi connectivity index (χ4n) is 1.99. The first-order valence-corrected chi connectivity index (χ1v) is 7.26. The van der Waals surface area contributed by atoms with Gasteiger partial charge in [0.2, 0.25) is 5.91 Å². The minimum Gasteiger partial charge on any atom is -0.343 e. The quantitative estimate of drug-likeness (QED) is 0.726. The Kier molecular flexibility index (Phi) is 4.74. The van der Waals surface area contributed by atoms with Crippen LogP contribution in [0.3, 0.4) is 0 Å². The summed E-state index contributed by atoms with van der Waals surface area (Å²) in [5, 5.41) is 9.01. The van der Waals surface area contributed by atoms with Gasteiger partial charge in [-0.2, -0.15) is 5.10 Å². The summed E-state index contributed by atoms with van der Waals surface area (Å²) in [5.74, 6) is -0.753. The third-order valence-electron chi connectivity index (χ3n) is 3.20. The van der Waals surface area contributed by atoms with Crippen molar-refractivity contribution in [3.63, 3.8) is 0 Å². The molecule has 2 aromatic heterocycles. The number of halogens is 1. The van der Waals surface area contributed by atoms with Crippen LogP contribution >= 0.6 is 0 Å². The number of carbonyl (C=O) groups excluding carboxylic acids is 2. The first kappa shape index (κ1) is 16.2. The number of pyridine rings is 1. The summed E-state index contributed by atoms with van der Waals surface area (Å²) in [6.45, 7) is -0.221. The van der Waals surface area contributed by atoms with E-state index in [0.717, 1.165) is 0 Å². The van der Waals surface area contributed by atoms with E-state index in [1.54, 1.807) is 12.1 Å². The number of nitrogens with zero attached hydrogens (tertiary/aromatic N) is 4. The third-order valence-corrected chi connectivity index (χ3v) is 3.20. The van der Waals surface area contributed by atoms with Crippen LogP contribution < -0.4 is 10.6 Å². The van der Waals surface area contributed by atoms with E-state index in [9.17, 15) is 14.0 Å². The molecule has 1 aromatic carbocycles. The van der Waals surface area contributed by atoms with E-state index < -0.39 is 17.6 Å². The van der Waals surface area contributed by atoms with Crippen molar-refractivity contribution < 1.29 is 14.0 Å². The van der Waals surface area contributed by atoms with Gasteiger partial charge >= 0.3 is 0 Å². The summed E-state index contributed by atoms with van der Waals surface area (Å²) in [5.41, 5.74) is 0.748. The van der Waals surface area contributed by atoms with E-state index in [0.29, 0.717) is 11.5 Å². The zero-order chi connectivity index (χ0) is 17.6. The minimum absolute atomic E-state index is 0.221. The van der Waals surface area contributed by atoms with Crippen LogP contribution in [-0.2, 0) is 4.79 Å². The molecule has 0 aliphatic carbocycles. The Morgan fingerprint density at radius 3 is 2.56 bits per heavy atom. The maximum Gasteiger partial charge on any atom is 0.251 e. The molecule has 2 amide bonds. The molecule has 25 heavy (non-hydrogen) atoms. The molecule has 0 fully saturated rings. The molecule has 0 saturated carbocycles. The monoisotopic (exact) mass is 340 g/mol. The summed E-state index contributed by atoms with van der Waals surface area (Å²) in [4.78, 5) is 31.7. The van der Waals surface area contributed by atoms with Crippen molar-refractivity contribution >= 4 is 17.5 Å². The lowest BCUT2D eigenvalue weighted by molar-refractivity contribution is -0.115. The molecule has 0 unspecified atom stereocenters. The zero-order valence-corrected chi connectivity index (χ0v) is 12.9. The van der Waals surface area contributed by atoms with Gasteiger partial charge in [-0.3, -0.25) is 9.59 Å². The fourth-order valence-corrected chi connectivity index (χ4v) is 1.99. The lowest BCUT2D eigenvalue weighted by Crippen LogP contribution is -2.32. The molecule has 0 bridgehead atoms. The van der Waals surface area contributed by atoms with Crippen LogP contribution in [0.5, 0.6) is 0 Å². The molecular weight excluding hydrogens is 327 g/mol. The Morgan fingerprint density at radius 1 is 1.12 bits per heavy atom. The molecule has 2 N–H and O–H groups in total. The predicted octanol–water partition coefficient (Wildman–Crippen LogP) is 1.17. The van der Waals surface area contributed by atoms with Gasteiger partial charge in [0.25, 0.3) is 5.91 Å².